The number of aryl methyl sites for hydroxylation is 2. The van der Waals surface area contributed by atoms with Gasteiger partial charge in [0.25, 0.3) is 5.91 Å². The van der Waals surface area contributed by atoms with Crippen LogP contribution in [0.2, 0.25) is 0 Å². The van der Waals surface area contributed by atoms with E-state index < -0.39 is 0 Å². The van der Waals surface area contributed by atoms with E-state index in [1.165, 1.54) is 11.1 Å². The lowest BCUT2D eigenvalue weighted by molar-refractivity contribution is 0.0919. The van der Waals surface area contributed by atoms with E-state index in [-0.39, 0.29) is 11.4 Å². The molecule has 0 unspecified atom stereocenters. The first-order chi connectivity index (χ1) is 11.7. The second kappa shape index (κ2) is 7.60. The van der Waals surface area contributed by atoms with Crippen LogP contribution in [-0.2, 0) is 6.61 Å². The molecule has 4 nitrogen and oxygen atoms in total. The molecule has 25 heavy (non-hydrogen) atoms. The molecule has 4 heteroatoms. The van der Waals surface area contributed by atoms with Crippen molar-refractivity contribution in [1.82, 2.24) is 5.32 Å². The molecule has 0 aliphatic rings. The highest BCUT2D eigenvalue weighted by atomic mass is 16.5. The Morgan fingerprint density at radius 1 is 1.04 bits per heavy atom. The lowest BCUT2D eigenvalue weighted by Gasteiger charge is -2.21. The van der Waals surface area contributed by atoms with E-state index in [4.69, 9.17) is 9.47 Å². The van der Waals surface area contributed by atoms with Gasteiger partial charge in [-0.1, -0.05) is 6.07 Å². The van der Waals surface area contributed by atoms with E-state index in [0.717, 1.165) is 11.3 Å². The van der Waals surface area contributed by atoms with Crippen LogP contribution in [0, 0.1) is 13.8 Å². The predicted octanol–water partition coefficient (Wildman–Crippen LogP) is 4.42. The van der Waals surface area contributed by atoms with Crippen molar-refractivity contribution in [1.29, 1.82) is 0 Å². The minimum absolute atomic E-state index is 0.109. The van der Waals surface area contributed by atoms with Gasteiger partial charge < -0.3 is 14.8 Å². The molecule has 1 amide bonds. The Morgan fingerprint density at radius 3 is 2.36 bits per heavy atom. The average Bonchev–Trinajstić information content (AvgIpc) is 2.54. The van der Waals surface area contributed by atoms with Crippen LogP contribution in [0.4, 0.5) is 0 Å². The number of benzene rings is 2. The first-order valence-electron chi connectivity index (χ1n) is 8.39. The Labute approximate surface area is 150 Å². The lowest BCUT2D eigenvalue weighted by atomic mass is 10.1. The summed E-state index contributed by atoms with van der Waals surface area (Å²) in [7, 11) is 1.61. The quantitative estimate of drug-likeness (QED) is 0.876. The van der Waals surface area contributed by atoms with Crippen molar-refractivity contribution in [2.75, 3.05) is 7.11 Å². The first-order valence-corrected chi connectivity index (χ1v) is 8.39. The SMILES string of the molecule is COc1ccc(C(=O)NC(C)(C)C)cc1COc1ccc(C)c(C)c1. The molecule has 0 saturated heterocycles. The molecular formula is C21H27NO3. The standard InChI is InChI=1S/C21H27NO3/c1-14-7-9-18(11-15(14)2)25-13-17-12-16(8-10-19(17)24-6)20(23)22-21(3,4)5/h7-12H,13H2,1-6H3,(H,22,23). The zero-order valence-corrected chi connectivity index (χ0v) is 15.9. The predicted molar refractivity (Wildman–Crippen MR) is 100 cm³/mol. The van der Waals surface area contributed by atoms with E-state index in [2.05, 4.69) is 19.2 Å². The average molecular weight is 341 g/mol. The van der Waals surface area contributed by atoms with Crippen molar-refractivity contribution in [2.24, 2.45) is 0 Å². The number of carbonyl (C=O) groups excluding carboxylic acids is 1. The fraction of sp³-hybridized carbons (Fsp3) is 0.381. The molecule has 0 radical (unpaired) electrons. The maximum absolute atomic E-state index is 12.4. The first kappa shape index (κ1) is 18.8. The summed E-state index contributed by atoms with van der Waals surface area (Å²) >= 11 is 0. The Balaban J connectivity index is 2.19. The molecule has 0 spiro atoms. The number of ether oxygens (including phenoxy) is 2. The van der Waals surface area contributed by atoms with Gasteiger partial charge in [0.2, 0.25) is 0 Å². The number of nitrogens with one attached hydrogen (secondary N) is 1. The summed E-state index contributed by atoms with van der Waals surface area (Å²) in [5.74, 6) is 1.40. The summed E-state index contributed by atoms with van der Waals surface area (Å²) in [6, 6.07) is 11.4. The summed E-state index contributed by atoms with van der Waals surface area (Å²) < 4.78 is 11.3. The zero-order valence-electron chi connectivity index (χ0n) is 15.9. The van der Waals surface area contributed by atoms with E-state index in [0.29, 0.717) is 17.9 Å². The van der Waals surface area contributed by atoms with Crippen LogP contribution < -0.4 is 14.8 Å². The number of hydrogen-bond acceptors (Lipinski definition) is 3. The molecule has 0 heterocycles. The molecule has 134 valence electrons. The maximum Gasteiger partial charge on any atom is 0.251 e. The van der Waals surface area contributed by atoms with E-state index in [1.54, 1.807) is 19.2 Å². The van der Waals surface area contributed by atoms with Gasteiger partial charge in [0.05, 0.1) is 7.11 Å². The van der Waals surface area contributed by atoms with Gasteiger partial charge in [-0.05, 0) is 76.1 Å². The highest BCUT2D eigenvalue weighted by Gasteiger charge is 2.17. The van der Waals surface area contributed by atoms with Gasteiger partial charge in [-0.3, -0.25) is 4.79 Å². The summed E-state index contributed by atoms with van der Waals surface area (Å²) in [5.41, 5.74) is 3.55. The van der Waals surface area contributed by atoms with Gasteiger partial charge in [-0.25, -0.2) is 0 Å². The third-order valence-corrected chi connectivity index (χ3v) is 3.90. The molecule has 2 aromatic rings. The smallest absolute Gasteiger partial charge is 0.251 e. The van der Waals surface area contributed by atoms with E-state index in [9.17, 15) is 4.79 Å². The van der Waals surface area contributed by atoms with Crippen molar-refractivity contribution >= 4 is 5.91 Å². The van der Waals surface area contributed by atoms with Crippen LogP contribution in [0.3, 0.4) is 0 Å². The Bertz CT molecular complexity index is 760. The fourth-order valence-electron chi connectivity index (χ4n) is 2.41. The second-order valence-corrected chi connectivity index (χ2v) is 7.27. The van der Waals surface area contributed by atoms with Crippen LogP contribution in [0.5, 0.6) is 11.5 Å². The second-order valence-electron chi connectivity index (χ2n) is 7.27. The molecule has 1 N–H and O–H groups in total. The number of hydrogen-bond donors (Lipinski definition) is 1. The van der Waals surface area contributed by atoms with Crippen LogP contribution in [0.25, 0.3) is 0 Å². The molecule has 0 aromatic heterocycles. The number of rotatable bonds is 5. The van der Waals surface area contributed by atoms with Crippen molar-refractivity contribution in [3.05, 3.63) is 58.7 Å². The number of amides is 1. The van der Waals surface area contributed by atoms with E-state index >= 15 is 0 Å². The fourth-order valence-corrected chi connectivity index (χ4v) is 2.41. The Hall–Kier alpha value is -2.49. The van der Waals surface area contributed by atoms with Crippen LogP contribution in [0.1, 0.15) is 47.8 Å². The molecule has 2 rings (SSSR count). The molecule has 0 atom stereocenters. The number of methoxy groups -OCH3 is 1. The normalized spacial score (nSPS) is 11.1. The zero-order chi connectivity index (χ0) is 18.6. The molecular weight excluding hydrogens is 314 g/mol. The van der Waals surface area contributed by atoms with Gasteiger partial charge in [0.1, 0.15) is 18.1 Å². The summed E-state index contributed by atoms with van der Waals surface area (Å²) in [6.07, 6.45) is 0. The molecule has 0 aliphatic heterocycles. The van der Waals surface area contributed by atoms with E-state index in [1.807, 2.05) is 45.0 Å². The number of carbonyl (C=O) groups is 1. The van der Waals surface area contributed by atoms with Gasteiger partial charge in [-0.2, -0.15) is 0 Å². The van der Waals surface area contributed by atoms with Crippen molar-refractivity contribution < 1.29 is 14.3 Å². The lowest BCUT2D eigenvalue weighted by Crippen LogP contribution is -2.40. The van der Waals surface area contributed by atoms with Gasteiger partial charge in [-0.15, -0.1) is 0 Å². The molecule has 0 saturated carbocycles. The van der Waals surface area contributed by atoms with Gasteiger partial charge in [0, 0.05) is 16.7 Å². The van der Waals surface area contributed by atoms with Crippen molar-refractivity contribution in [3.63, 3.8) is 0 Å². The van der Waals surface area contributed by atoms with Crippen LogP contribution in [-0.4, -0.2) is 18.6 Å². The third kappa shape index (κ3) is 5.24. The molecule has 0 bridgehead atoms. The molecule has 0 aliphatic carbocycles. The monoisotopic (exact) mass is 341 g/mol. The highest BCUT2D eigenvalue weighted by molar-refractivity contribution is 5.95. The van der Waals surface area contributed by atoms with Crippen LogP contribution in [0.15, 0.2) is 36.4 Å². The highest BCUT2D eigenvalue weighted by Crippen LogP contribution is 2.23. The van der Waals surface area contributed by atoms with Gasteiger partial charge >= 0.3 is 0 Å². The van der Waals surface area contributed by atoms with Crippen molar-refractivity contribution in [2.45, 2.75) is 46.8 Å². The summed E-state index contributed by atoms with van der Waals surface area (Å²) in [4.78, 5) is 12.4. The van der Waals surface area contributed by atoms with Gasteiger partial charge in [0.15, 0.2) is 0 Å². The third-order valence-electron chi connectivity index (χ3n) is 3.90. The van der Waals surface area contributed by atoms with Crippen LogP contribution >= 0.6 is 0 Å². The Morgan fingerprint density at radius 2 is 1.76 bits per heavy atom. The Kier molecular flexibility index (Phi) is 5.73. The summed E-state index contributed by atoms with van der Waals surface area (Å²) in [5, 5.41) is 2.97. The minimum atomic E-state index is -0.285. The molecule has 2 aromatic carbocycles. The van der Waals surface area contributed by atoms with Crippen molar-refractivity contribution in [3.8, 4) is 11.5 Å². The minimum Gasteiger partial charge on any atom is -0.496 e. The largest absolute Gasteiger partial charge is 0.496 e. The molecule has 0 fully saturated rings. The maximum atomic E-state index is 12.4. The topological polar surface area (TPSA) is 47.6 Å². The summed E-state index contributed by atoms with van der Waals surface area (Å²) in [6.45, 7) is 10.3.